The van der Waals surface area contributed by atoms with Gasteiger partial charge in [-0.15, -0.1) is 0 Å². The minimum absolute atomic E-state index is 0.171. The van der Waals surface area contributed by atoms with E-state index in [1.54, 1.807) is 0 Å². The topological polar surface area (TPSA) is 63.8 Å². The summed E-state index contributed by atoms with van der Waals surface area (Å²) in [5.74, 6) is 1.28. The summed E-state index contributed by atoms with van der Waals surface area (Å²) in [6.07, 6.45) is 2.75. The SMILES string of the molecule is C[C@@H](c1ccccc1)c1cnc(NCCc2ccccc2)nc1N. The van der Waals surface area contributed by atoms with Crippen LogP contribution in [0.3, 0.4) is 0 Å². The lowest BCUT2D eigenvalue weighted by Gasteiger charge is -2.14. The van der Waals surface area contributed by atoms with Crippen LogP contribution in [0.4, 0.5) is 11.8 Å². The minimum Gasteiger partial charge on any atom is -0.383 e. The van der Waals surface area contributed by atoms with Crippen molar-refractivity contribution in [3.8, 4) is 0 Å². The van der Waals surface area contributed by atoms with E-state index in [-0.39, 0.29) is 5.92 Å². The van der Waals surface area contributed by atoms with Crippen molar-refractivity contribution in [1.82, 2.24) is 9.97 Å². The highest BCUT2D eigenvalue weighted by Gasteiger charge is 2.13. The zero-order valence-corrected chi connectivity index (χ0v) is 13.8. The average molecular weight is 318 g/mol. The molecule has 0 saturated carbocycles. The van der Waals surface area contributed by atoms with Gasteiger partial charge in [-0.05, 0) is 17.5 Å². The zero-order chi connectivity index (χ0) is 16.8. The third-order valence-electron chi connectivity index (χ3n) is 4.15. The number of anilines is 2. The number of aromatic nitrogens is 2. The number of nitrogens with zero attached hydrogens (tertiary/aromatic N) is 2. The van der Waals surface area contributed by atoms with Gasteiger partial charge in [0.1, 0.15) is 5.82 Å². The number of hydrogen-bond donors (Lipinski definition) is 2. The molecule has 0 saturated heterocycles. The standard InChI is InChI=1S/C20H22N4/c1-15(17-10-6-3-7-11-17)18-14-23-20(24-19(18)21)22-13-12-16-8-4-2-5-9-16/h2-11,14-15H,12-13H2,1H3,(H3,21,22,23,24)/t15-/m0/s1. The van der Waals surface area contributed by atoms with E-state index in [1.165, 1.54) is 11.1 Å². The molecule has 0 spiro atoms. The minimum atomic E-state index is 0.171. The van der Waals surface area contributed by atoms with Gasteiger partial charge >= 0.3 is 0 Å². The molecule has 4 heteroatoms. The van der Waals surface area contributed by atoms with Crippen LogP contribution in [0.2, 0.25) is 0 Å². The van der Waals surface area contributed by atoms with E-state index in [4.69, 9.17) is 5.73 Å². The van der Waals surface area contributed by atoms with Gasteiger partial charge in [0.25, 0.3) is 0 Å². The van der Waals surface area contributed by atoms with E-state index >= 15 is 0 Å². The molecule has 1 heterocycles. The second-order valence-electron chi connectivity index (χ2n) is 5.83. The molecule has 3 rings (SSSR count). The predicted octanol–water partition coefficient (Wildman–Crippen LogP) is 3.87. The maximum atomic E-state index is 6.15. The van der Waals surface area contributed by atoms with Crippen molar-refractivity contribution in [2.75, 3.05) is 17.6 Å². The smallest absolute Gasteiger partial charge is 0.224 e. The largest absolute Gasteiger partial charge is 0.383 e. The molecule has 0 fully saturated rings. The van der Waals surface area contributed by atoms with Crippen molar-refractivity contribution in [2.45, 2.75) is 19.3 Å². The highest BCUT2D eigenvalue weighted by atomic mass is 15.1. The highest BCUT2D eigenvalue weighted by Crippen LogP contribution is 2.27. The summed E-state index contributed by atoms with van der Waals surface area (Å²) < 4.78 is 0. The molecule has 0 aliphatic heterocycles. The second kappa shape index (κ2) is 7.59. The molecule has 24 heavy (non-hydrogen) atoms. The molecular weight excluding hydrogens is 296 g/mol. The maximum absolute atomic E-state index is 6.15. The van der Waals surface area contributed by atoms with Gasteiger partial charge in [-0.1, -0.05) is 67.6 Å². The summed E-state index contributed by atoms with van der Waals surface area (Å²) >= 11 is 0. The third kappa shape index (κ3) is 3.90. The van der Waals surface area contributed by atoms with Crippen LogP contribution in [-0.2, 0) is 6.42 Å². The Morgan fingerprint density at radius 2 is 1.67 bits per heavy atom. The maximum Gasteiger partial charge on any atom is 0.224 e. The first-order valence-corrected chi connectivity index (χ1v) is 8.19. The van der Waals surface area contributed by atoms with Crippen molar-refractivity contribution < 1.29 is 0 Å². The van der Waals surface area contributed by atoms with Gasteiger partial charge in [0, 0.05) is 24.2 Å². The Labute approximate surface area is 142 Å². The summed E-state index contributed by atoms with van der Waals surface area (Å²) in [6, 6.07) is 20.6. The van der Waals surface area contributed by atoms with Gasteiger partial charge in [0.2, 0.25) is 5.95 Å². The zero-order valence-electron chi connectivity index (χ0n) is 13.8. The number of nitrogens with one attached hydrogen (secondary N) is 1. The Morgan fingerprint density at radius 1 is 1.00 bits per heavy atom. The van der Waals surface area contributed by atoms with Crippen molar-refractivity contribution in [2.24, 2.45) is 0 Å². The Hall–Kier alpha value is -2.88. The molecule has 0 amide bonds. The molecule has 122 valence electrons. The Morgan fingerprint density at radius 3 is 2.33 bits per heavy atom. The highest BCUT2D eigenvalue weighted by molar-refractivity contribution is 5.48. The van der Waals surface area contributed by atoms with E-state index in [1.807, 2.05) is 42.6 Å². The second-order valence-corrected chi connectivity index (χ2v) is 5.83. The lowest BCUT2D eigenvalue weighted by Crippen LogP contribution is -2.11. The van der Waals surface area contributed by atoms with E-state index in [9.17, 15) is 0 Å². The molecule has 1 aromatic heterocycles. The molecular formula is C20H22N4. The van der Waals surface area contributed by atoms with Crippen molar-refractivity contribution in [3.63, 3.8) is 0 Å². The molecule has 3 aromatic rings. The van der Waals surface area contributed by atoms with E-state index in [0.717, 1.165) is 18.5 Å². The lowest BCUT2D eigenvalue weighted by atomic mass is 9.95. The third-order valence-corrected chi connectivity index (χ3v) is 4.15. The summed E-state index contributed by atoms with van der Waals surface area (Å²) in [4.78, 5) is 8.82. The fourth-order valence-electron chi connectivity index (χ4n) is 2.71. The van der Waals surface area contributed by atoms with E-state index < -0.39 is 0 Å². The fraction of sp³-hybridized carbons (Fsp3) is 0.200. The van der Waals surface area contributed by atoms with E-state index in [0.29, 0.717) is 11.8 Å². The van der Waals surface area contributed by atoms with Crippen LogP contribution < -0.4 is 11.1 Å². The fourth-order valence-corrected chi connectivity index (χ4v) is 2.71. The molecule has 0 radical (unpaired) electrons. The first-order valence-electron chi connectivity index (χ1n) is 8.19. The van der Waals surface area contributed by atoms with Gasteiger partial charge in [-0.3, -0.25) is 0 Å². The van der Waals surface area contributed by atoms with Crippen LogP contribution in [-0.4, -0.2) is 16.5 Å². The Kier molecular flexibility index (Phi) is 5.06. The van der Waals surface area contributed by atoms with Crippen molar-refractivity contribution in [3.05, 3.63) is 83.6 Å². The molecule has 0 aliphatic rings. The van der Waals surface area contributed by atoms with E-state index in [2.05, 4.69) is 46.5 Å². The molecule has 3 N–H and O–H groups in total. The quantitative estimate of drug-likeness (QED) is 0.724. The molecule has 0 unspecified atom stereocenters. The van der Waals surface area contributed by atoms with Crippen LogP contribution >= 0.6 is 0 Å². The van der Waals surface area contributed by atoms with Gasteiger partial charge < -0.3 is 11.1 Å². The number of nitrogens with two attached hydrogens (primary N) is 1. The van der Waals surface area contributed by atoms with Crippen molar-refractivity contribution in [1.29, 1.82) is 0 Å². The summed E-state index contributed by atoms with van der Waals surface area (Å²) in [5, 5.41) is 3.24. The number of nitrogen functional groups attached to an aromatic ring is 1. The summed E-state index contributed by atoms with van der Waals surface area (Å²) in [6.45, 7) is 2.89. The Bertz CT molecular complexity index is 772. The summed E-state index contributed by atoms with van der Waals surface area (Å²) in [7, 11) is 0. The van der Waals surface area contributed by atoms with Gasteiger partial charge in [0.15, 0.2) is 0 Å². The molecule has 1 atom stereocenters. The molecule has 0 aliphatic carbocycles. The monoisotopic (exact) mass is 318 g/mol. The Balaban J connectivity index is 1.64. The predicted molar refractivity (Wildman–Crippen MR) is 99.0 cm³/mol. The number of hydrogen-bond acceptors (Lipinski definition) is 4. The van der Waals surface area contributed by atoms with Crippen LogP contribution in [0.5, 0.6) is 0 Å². The average Bonchev–Trinajstić information content (AvgIpc) is 2.63. The first kappa shape index (κ1) is 16.0. The van der Waals surface area contributed by atoms with Gasteiger partial charge in [-0.25, -0.2) is 4.98 Å². The normalized spacial score (nSPS) is 11.9. The van der Waals surface area contributed by atoms with Crippen molar-refractivity contribution >= 4 is 11.8 Å². The lowest BCUT2D eigenvalue weighted by molar-refractivity contribution is 0.896. The number of rotatable bonds is 6. The molecule has 4 nitrogen and oxygen atoms in total. The van der Waals surface area contributed by atoms with Gasteiger partial charge in [0.05, 0.1) is 0 Å². The van der Waals surface area contributed by atoms with Crippen LogP contribution in [0.1, 0.15) is 29.5 Å². The number of benzene rings is 2. The van der Waals surface area contributed by atoms with Crippen LogP contribution in [0.15, 0.2) is 66.9 Å². The molecule has 2 aromatic carbocycles. The van der Waals surface area contributed by atoms with Gasteiger partial charge in [-0.2, -0.15) is 4.98 Å². The molecule has 0 bridgehead atoms. The summed E-state index contributed by atoms with van der Waals surface area (Å²) in [5.41, 5.74) is 9.60. The van der Waals surface area contributed by atoms with Crippen LogP contribution in [0.25, 0.3) is 0 Å². The van der Waals surface area contributed by atoms with Crippen LogP contribution in [0, 0.1) is 0 Å². The first-order chi connectivity index (χ1) is 11.7.